The van der Waals surface area contributed by atoms with Crippen LogP contribution in [0.5, 0.6) is 5.06 Å². The van der Waals surface area contributed by atoms with Crippen molar-refractivity contribution < 1.29 is 17.9 Å². The molecule has 1 aliphatic rings. The predicted octanol–water partition coefficient (Wildman–Crippen LogP) is 2.71. The lowest BCUT2D eigenvalue weighted by Gasteiger charge is -2.23. The van der Waals surface area contributed by atoms with E-state index in [2.05, 4.69) is 5.32 Å². The molecule has 0 radical (unpaired) electrons. The Morgan fingerprint density at radius 1 is 1.50 bits per heavy atom. The van der Waals surface area contributed by atoms with Crippen LogP contribution in [0.25, 0.3) is 0 Å². The molecule has 1 aliphatic heterocycles. The van der Waals surface area contributed by atoms with Gasteiger partial charge in [-0.1, -0.05) is 0 Å². The minimum absolute atomic E-state index is 0. The molecule has 2 rings (SSSR count). The number of thiophene rings is 1. The highest BCUT2D eigenvalue weighted by molar-refractivity contribution is 7.12. The van der Waals surface area contributed by atoms with Crippen LogP contribution in [0.15, 0.2) is 5.38 Å². The Hall–Kier alpha value is -0.460. The fourth-order valence-electron chi connectivity index (χ4n) is 1.58. The zero-order chi connectivity index (χ0) is 11.1. The quantitative estimate of drug-likeness (QED) is 0.849. The van der Waals surface area contributed by atoms with Crippen molar-refractivity contribution in [1.29, 1.82) is 0 Å². The topological polar surface area (TPSA) is 21.3 Å². The van der Waals surface area contributed by atoms with Gasteiger partial charge >= 0.3 is 6.18 Å². The first-order valence-corrected chi connectivity index (χ1v) is 5.38. The lowest BCUT2D eigenvalue weighted by molar-refractivity contribution is -0.138. The van der Waals surface area contributed by atoms with Crippen LogP contribution in [-0.2, 0) is 12.6 Å². The molecule has 2 nitrogen and oxygen atoms in total. The molecule has 1 aromatic heterocycles. The Balaban J connectivity index is 0.00000128. The summed E-state index contributed by atoms with van der Waals surface area (Å²) in [5.74, 6) is 0. The summed E-state index contributed by atoms with van der Waals surface area (Å²) in [5.41, 5.74) is -0.263. The van der Waals surface area contributed by atoms with Crippen molar-refractivity contribution in [3.8, 4) is 5.06 Å². The summed E-state index contributed by atoms with van der Waals surface area (Å²) in [4.78, 5) is 0. The Morgan fingerprint density at radius 3 is 2.75 bits per heavy atom. The monoisotopic (exact) mass is 273 g/mol. The van der Waals surface area contributed by atoms with Gasteiger partial charge in [-0.2, -0.15) is 13.2 Å². The fourth-order valence-corrected chi connectivity index (χ4v) is 2.56. The minimum atomic E-state index is -4.27. The highest BCUT2D eigenvalue weighted by atomic mass is 35.5. The number of rotatable bonds is 1. The Bertz CT molecular complexity index is 366. The molecule has 7 heteroatoms. The van der Waals surface area contributed by atoms with Gasteiger partial charge in [0.2, 0.25) is 0 Å². The van der Waals surface area contributed by atoms with Crippen LogP contribution in [-0.4, -0.2) is 19.7 Å². The number of likely N-dealkylation sites (N-methyl/N-ethyl adjacent to an activating group) is 1. The molecule has 0 bridgehead atoms. The molecule has 0 unspecified atom stereocenters. The summed E-state index contributed by atoms with van der Waals surface area (Å²) in [6.07, 6.45) is -3.90. The third-order valence-electron chi connectivity index (χ3n) is 2.44. The first-order valence-electron chi connectivity index (χ1n) is 4.50. The number of hydrogen-bond donors (Lipinski definition) is 1. The van der Waals surface area contributed by atoms with E-state index in [1.165, 1.54) is 0 Å². The zero-order valence-corrected chi connectivity index (χ0v) is 10.1. The van der Waals surface area contributed by atoms with Crippen LogP contribution in [0.3, 0.4) is 0 Å². The molecule has 0 amide bonds. The van der Waals surface area contributed by atoms with E-state index in [-0.39, 0.29) is 24.0 Å². The maximum atomic E-state index is 12.6. The van der Waals surface area contributed by atoms with Crippen LogP contribution in [0, 0.1) is 0 Å². The van der Waals surface area contributed by atoms with E-state index in [0.29, 0.717) is 18.1 Å². The van der Waals surface area contributed by atoms with Crippen LogP contribution in [0.2, 0.25) is 0 Å². The van der Waals surface area contributed by atoms with E-state index in [1.54, 1.807) is 7.05 Å². The van der Waals surface area contributed by atoms with Gasteiger partial charge in [-0.25, -0.2) is 0 Å². The molecule has 16 heavy (non-hydrogen) atoms. The van der Waals surface area contributed by atoms with Crippen LogP contribution < -0.4 is 10.1 Å². The summed E-state index contributed by atoms with van der Waals surface area (Å²) in [7, 11) is 1.72. The fraction of sp³-hybridized carbons (Fsp3) is 0.556. The largest absolute Gasteiger partial charge is 0.482 e. The molecule has 0 spiro atoms. The van der Waals surface area contributed by atoms with E-state index in [0.717, 1.165) is 16.7 Å². The standard InChI is InChI=1S/C9H10F3NOS.ClH/c1-13-5-2-6-7(9(10,11)12)4-15-8(6)14-3-5;/h4-5,13H,2-3H2,1H3;1H/t5-;/m1./s1. The zero-order valence-electron chi connectivity index (χ0n) is 8.43. The molecule has 1 N–H and O–H groups in total. The molecule has 0 aliphatic carbocycles. The lowest BCUT2D eigenvalue weighted by Crippen LogP contribution is -2.37. The molecular weight excluding hydrogens is 263 g/mol. The van der Waals surface area contributed by atoms with Gasteiger partial charge < -0.3 is 10.1 Å². The third-order valence-corrected chi connectivity index (χ3v) is 3.37. The first kappa shape index (κ1) is 13.6. The molecule has 0 aromatic carbocycles. The van der Waals surface area contributed by atoms with Gasteiger partial charge in [-0.3, -0.25) is 0 Å². The summed E-state index contributed by atoms with van der Waals surface area (Å²) in [5, 5.41) is 4.46. The minimum Gasteiger partial charge on any atom is -0.482 e. The van der Waals surface area contributed by atoms with Gasteiger partial charge in [-0.15, -0.1) is 23.7 Å². The van der Waals surface area contributed by atoms with Crippen molar-refractivity contribution >= 4 is 23.7 Å². The Morgan fingerprint density at radius 2 is 2.19 bits per heavy atom. The van der Waals surface area contributed by atoms with Crippen molar-refractivity contribution in [3.63, 3.8) is 0 Å². The maximum absolute atomic E-state index is 12.6. The molecule has 0 fully saturated rings. The average molecular weight is 274 g/mol. The van der Waals surface area contributed by atoms with Crippen molar-refractivity contribution in [2.24, 2.45) is 0 Å². The van der Waals surface area contributed by atoms with E-state index >= 15 is 0 Å². The second kappa shape index (κ2) is 4.81. The molecule has 1 aromatic rings. The van der Waals surface area contributed by atoms with Gasteiger partial charge in [0, 0.05) is 17.0 Å². The number of hydrogen-bond acceptors (Lipinski definition) is 3. The summed E-state index contributed by atoms with van der Waals surface area (Å²) >= 11 is 1.02. The average Bonchev–Trinajstić information content (AvgIpc) is 2.59. The predicted molar refractivity (Wildman–Crippen MR) is 58.6 cm³/mol. The van der Waals surface area contributed by atoms with E-state index in [4.69, 9.17) is 4.74 Å². The van der Waals surface area contributed by atoms with Crippen LogP contribution in [0.4, 0.5) is 13.2 Å². The molecule has 0 saturated heterocycles. The lowest BCUT2D eigenvalue weighted by atomic mass is 10.0. The van der Waals surface area contributed by atoms with Gasteiger partial charge in [0.1, 0.15) is 6.61 Å². The van der Waals surface area contributed by atoms with Crippen molar-refractivity contribution in [2.75, 3.05) is 13.7 Å². The van der Waals surface area contributed by atoms with Gasteiger partial charge in [0.15, 0.2) is 5.06 Å². The van der Waals surface area contributed by atoms with E-state index in [9.17, 15) is 13.2 Å². The van der Waals surface area contributed by atoms with Crippen LogP contribution >= 0.6 is 23.7 Å². The number of nitrogens with one attached hydrogen (secondary N) is 1. The summed E-state index contributed by atoms with van der Waals surface area (Å²) in [6, 6.07) is -0.0341. The second-order valence-electron chi connectivity index (χ2n) is 3.41. The van der Waals surface area contributed by atoms with E-state index < -0.39 is 11.7 Å². The second-order valence-corrected chi connectivity index (χ2v) is 4.26. The third kappa shape index (κ3) is 2.44. The smallest absolute Gasteiger partial charge is 0.417 e. The highest BCUT2D eigenvalue weighted by Gasteiger charge is 2.38. The molecule has 1 atom stereocenters. The summed E-state index contributed by atoms with van der Waals surface area (Å²) < 4.78 is 43.0. The van der Waals surface area contributed by atoms with Crippen molar-refractivity contribution in [1.82, 2.24) is 5.32 Å². The SMILES string of the molecule is CN[C@H]1COc2scc(C(F)(F)F)c2C1.Cl. The molecule has 2 heterocycles. The summed E-state index contributed by atoms with van der Waals surface area (Å²) in [6.45, 7) is 0.432. The number of alkyl halides is 3. The molecular formula is C9H11ClF3NOS. The number of fused-ring (bicyclic) bond motifs is 1. The van der Waals surface area contributed by atoms with Gasteiger partial charge in [0.25, 0.3) is 0 Å². The Labute approximate surface area is 101 Å². The molecule has 92 valence electrons. The van der Waals surface area contributed by atoms with Gasteiger partial charge in [-0.05, 0) is 13.5 Å². The van der Waals surface area contributed by atoms with Crippen LogP contribution in [0.1, 0.15) is 11.1 Å². The maximum Gasteiger partial charge on any atom is 0.417 e. The number of ether oxygens (including phenoxy) is 1. The molecule has 0 saturated carbocycles. The first-order chi connectivity index (χ1) is 7.02. The van der Waals surface area contributed by atoms with Gasteiger partial charge in [0.05, 0.1) is 5.56 Å². The Kier molecular flexibility index (Phi) is 4.09. The van der Waals surface area contributed by atoms with E-state index in [1.807, 2.05) is 0 Å². The number of halogens is 4. The van der Waals surface area contributed by atoms with Crippen molar-refractivity contribution in [3.05, 3.63) is 16.5 Å². The highest BCUT2D eigenvalue weighted by Crippen LogP contribution is 2.42. The van der Waals surface area contributed by atoms with Crippen molar-refractivity contribution in [2.45, 2.75) is 18.6 Å². The normalized spacial score (nSPS) is 19.6.